The maximum atomic E-state index is 6.18. The fourth-order valence-electron chi connectivity index (χ4n) is 2.15. The number of likely N-dealkylation sites (N-methyl/N-ethyl adjacent to an activating group) is 1. The molecule has 4 heteroatoms. The van der Waals surface area contributed by atoms with Crippen molar-refractivity contribution in [3.63, 3.8) is 0 Å². The number of hydrogen-bond donors (Lipinski definition) is 1. The first kappa shape index (κ1) is 13.9. The van der Waals surface area contributed by atoms with Crippen LogP contribution in [-0.4, -0.2) is 69.8 Å². The van der Waals surface area contributed by atoms with E-state index in [1.54, 1.807) is 0 Å². The third kappa shape index (κ3) is 5.25. The highest BCUT2D eigenvalue weighted by molar-refractivity contribution is 4.78. The Labute approximate surface area is 99.7 Å². The van der Waals surface area contributed by atoms with E-state index in [0.717, 1.165) is 39.3 Å². The Morgan fingerprint density at radius 2 is 2.06 bits per heavy atom. The van der Waals surface area contributed by atoms with Gasteiger partial charge in [0.2, 0.25) is 0 Å². The highest BCUT2D eigenvalue weighted by Crippen LogP contribution is 2.15. The van der Waals surface area contributed by atoms with Gasteiger partial charge < -0.3 is 20.3 Å². The van der Waals surface area contributed by atoms with Crippen LogP contribution in [-0.2, 0) is 4.74 Å². The predicted molar refractivity (Wildman–Crippen MR) is 67.6 cm³/mol. The van der Waals surface area contributed by atoms with Gasteiger partial charge in [0.15, 0.2) is 0 Å². The molecular weight excluding hydrogens is 202 g/mol. The summed E-state index contributed by atoms with van der Waals surface area (Å²) in [6, 6.07) is 0.270. The first-order valence-corrected chi connectivity index (χ1v) is 6.26. The molecule has 0 saturated carbocycles. The van der Waals surface area contributed by atoms with Crippen LogP contribution < -0.4 is 5.73 Å². The van der Waals surface area contributed by atoms with Crippen molar-refractivity contribution in [3.05, 3.63) is 0 Å². The lowest BCUT2D eigenvalue weighted by molar-refractivity contribution is 0.173. The lowest BCUT2D eigenvalue weighted by Crippen LogP contribution is -2.41. The van der Waals surface area contributed by atoms with Gasteiger partial charge in [-0.1, -0.05) is 0 Å². The second kappa shape index (κ2) is 7.22. The number of nitrogens with zero attached hydrogens (tertiary/aromatic N) is 2. The molecule has 2 atom stereocenters. The van der Waals surface area contributed by atoms with Crippen LogP contribution in [0.4, 0.5) is 0 Å². The Kier molecular flexibility index (Phi) is 6.28. The zero-order valence-electron chi connectivity index (χ0n) is 11.0. The summed E-state index contributed by atoms with van der Waals surface area (Å²) in [6.07, 6.45) is 2.34. The topological polar surface area (TPSA) is 41.7 Å². The molecule has 1 saturated heterocycles. The summed E-state index contributed by atoms with van der Waals surface area (Å²) in [6.45, 7) is 5.00. The minimum Gasteiger partial charge on any atom is -0.381 e. The van der Waals surface area contributed by atoms with Gasteiger partial charge in [0.05, 0.1) is 6.61 Å². The Morgan fingerprint density at radius 1 is 1.31 bits per heavy atom. The molecule has 1 heterocycles. The van der Waals surface area contributed by atoms with Crippen LogP contribution in [0.5, 0.6) is 0 Å². The Balaban J connectivity index is 2.10. The Morgan fingerprint density at radius 3 is 2.62 bits per heavy atom. The smallest absolute Gasteiger partial charge is 0.0510 e. The number of rotatable bonds is 7. The molecule has 1 aliphatic heterocycles. The molecule has 0 aromatic rings. The van der Waals surface area contributed by atoms with Crippen molar-refractivity contribution in [1.29, 1.82) is 0 Å². The van der Waals surface area contributed by atoms with Crippen LogP contribution in [0.2, 0.25) is 0 Å². The van der Waals surface area contributed by atoms with Crippen molar-refractivity contribution in [2.45, 2.75) is 18.9 Å². The van der Waals surface area contributed by atoms with E-state index in [4.69, 9.17) is 10.5 Å². The van der Waals surface area contributed by atoms with Gasteiger partial charge in [-0.25, -0.2) is 0 Å². The molecule has 2 unspecified atom stereocenters. The van der Waals surface area contributed by atoms with Crippen LogP contribution in [0.1, 0.15) is 12.8 Å². The van der Waals surface area contributed by atoms with E-state index in [1.807, 2.05) is 0 Å². The van der Waals surface area contributed by atoms with E-state index in [9.17, 15) is 0 Å². The summed E-state index contributed by atoms with van der Waals surface area (Å²) in [5.41, 5.74) is 6.18. The molecule has 16 heavy (non-hydrogen) atoms. The summed E-state index contributed by atoms with van der Waals surface area (Å²) in [5, 5.41) is 0. The second-order valence-electron chi connectivity index (χ2n) is 5.21. The molecule has 0 amide bonds. The quantitative estimate of drug-likeness (QED) is 0.679. The SMILES string of the molecule is CN(C)CCCN(C)CC(N)C1CCOC1. The summed E-state index contributed by atoms with van der Waals surface area (Å²) >= 11 is 0. The fraction of sp³-hybridized carbons (Fsp3) is 1.00. The molecule has 0 spiro atoms. The summed E-state index contributed by atoms with van der Waals surface area (Å²) < 4.78 is 5.37. The maximum absolute atomic E-state index is 6.18. The van der Waals surface area contributed by atoms with Gasteiger partial charge in [-0.2, -0.15) is 0 Å². The monoisotopic (exact) mass is 229 g/mol. The largest absolute Gasteiger partial charge is 0.381 e. The lowest BCUT2D eigenvalue weighted by Gasteiger charge is -2.25. The van der Waals surface area contributed by atoms with Crippen LogP contribution in [0.3, 0.4) is 0 Å². The predicted octanol–water partition coefficient (Wildman–Crippen LogP) is 0.234. The molecule has 0 radical (unpaired) electrons. The fourth-order valence-corrected chi connectivity index (χ4v) is 2.15. The van der Waals surface area contributed by atoms with Crippen LogP contribution in [0.15, 0.2) is 0 Å². The highest BCUT2D eigenvalue weighted by Gasteiger charge is 2.23. The molecule has 0 aromatic carbocycles. The van der Waals surface area contributed by atoms with Crippen LogP contribution >= 0.6 is 0 Å². The normalized spacial score (nSPS) is 23.2. The van der Waals surface area contributed by atoms with Gasteiger partial charge in [0.25, 0.3) is 0 Å². The van der Waals surface area contributed by atoms with Crippen LogP contribution in [0, 0.1) is 5.92 Å². The van der Waals surface area contributed by atoms with E-state index in [0.29, 0.717) is 5.92 Å². The van der Waals surface area contributed by atoms with Crippen molar-refractivity contribution < 1.29 is 4.74 Å². The summed E-state index contributed by atoms with van der Waals surface area (Å²) in [5.74, 6) is 0.566. The van der Waals surface area contributed by atoms with Crippen molar-refractivity contribution in [3.8, 4) is 0 Å². The van der Waals surface area contributed by atoms with E-state index < -0.39 is 0 Å². The van der Waals surface area contributed by atoms with Crippen molar-refractivity contribution >= 4 is 0 Å². The van der Waals surface area contributed by atoms with Crippen molar-refractivity contribution in [2.24, 2.45) is 11.7 Å². The minimum atomic E-state index is 0.270. The van der Waals surface area contributed by atoms with E-state index >= 15 is 0 Å². The maximum Gasteiger partial charge on any atom is 0.0510 e. The lowest BCUT2D eigenvalue weighted by atomic mass is 9.99. The molecule has 2 N–H and O–H groups in total. The van der Waals surface area contributed by atoms with E-state index in [-0.39, 0.29) is 6.04 Å². The van der Waals surface area contributed by atoms with Gasteiger partial charge in [-0.05, 0) is 47.1 Å². The third-order valence-electron chi connectivity index (χ3n) is 3.24. The zero-order chi connectivity index (χ0) is 12.0. The molecule has 0 aromatic heterocycles. The number of nitrogens with two attached hydrogens (primary N) is 1. The van der Waals surface area contributed by atoms with Gasteiger partial charge in [-0.15, -0.1) is 0 Å². The molecule has 0 aliphatic carbocycles. The number of hydrogen-bond acceptors (Lipinski definition) is 4. The second-order valence-corrected chi connectivity index (χ2v) is 5.21. The molecule has 1 fully saturated rings. The average molecular weight is 229 g/mol. The highest BCUT2D eigenvalue weighted by atomic mass is 16.5. The zero-order valence-corrected chi connectivity index (χ0v) is 11.0. The average Bonchev–Trinajstić information content (AvgIpc) is 2.69. The van der Waals surface area contributed by atoms with Crippen molar-refractivity contribution in [1.82, 2.24) is 9.80 Å². The summed E-state index contributed by atoms with van der Waals surface area (Å²) in [7, 11) is 6.38. The Hall–Kier alpha value is -0.160. The van der Waals surface area contributed by atoms with Gasteiger partial charge in [-0.3, -0.25) is 0 Å². The van der Waals surface area contributed by atoms with Gasteiger partial charge in [0.1, 0.15) is 0 Å². The summed E-state index contributed by atoms with van der Waals surface area (Å²) in [4.78, 5) is 4.56. The molecule has 1 rings (SSSR count). The van der Waals surface area contributed by atoms with Gasteiger partial charge in [0, 0.05) is 25.1 Å². The van der Waals surface area contributed by atoms with Crippen LogP contribution in [0.25, 0.3) is 0 Å². The standard InChI is InChI=1S/C12H27N3O/c1-14(2)6-4-7-15(3)9-12(13)11-5-8-16-10-11/h11-12H,4-10,13H2,1-3H3. The Bertz CT molecular complexity index is 181. The van der Waals surface area contributed by atoms with Gasteiger partial charge >= 0.3 is 0 Å². The van der Waals surface area contributed by atoms with Crippen molar-refractivity contribution in [2.75, 3.05) is 54.0 Å². The van der Waals surface area contributed by atoms with E-state index in [2.05, 4.69) is 30.9 Å². The molecule has 0 bridgehead atoms. The molecule has 1 aliphatic rings. The molecule has 4 nitrogen and oxygen atoms in total. The number of ether oxygens (including phenoxy) is 1. The first-order chi connectivity index (χ1) is 7.59. The molecular formula is C12H27N3O. The van der Waals surface area contributed by atoms with E-state index in [1.165, 1.54) is 6.42 Å². The molecule has 96 valence electrons. The first-order valence-electron chi connectivity index (χ1n) is 6.26. The minimum absolute atomic E-state index is 0.270. The third-order valence-corrected chi connectivity index (χ3v) is 3.24.